The Hall–Kier alpha value is -0.800. The molecule has 0 N–H and O–H groups in total. The molecule has 0 aliphatic carbocycles. The van der Waals surface area contributed by atoms with Gasteiger partial charge in [-0.05, 0) is 40.5 Å². The number of carbonyl (C=O) groups excluding carboxylic acids is 1. The molecule has 1 heterocycles. The molecule has 15 heavy (non-hydrogen) atoms. The van der Waals surface area contributed by atoms with Gasteiger partial charge < -0.3 is 9.64 Å². The molecule has 1 unspecified atom stereocenters. The van der Waals surface area contributed by atoms with E-state index in [1.807, 2.05) is 20.8 Å². The first kappa shape index (κ1) is 12.3. The van der Waals surface area contributed by atoms with Crippen LogP contribution in [0.2, 0.25) is 0 Å². The lowest BCUT2D eigenvalue weighted by molar-refractivity contribution is 0.0161. The summed E-state index contributed by atoms with van der Waals surface area (Å²) in [7, 11) is 0. The molecule has 0 aromatic rings. The van der Waals surface area contributed by atoms with Crippen molar-refractivity contribution in [3.63, 3.8) is 0 Å². The van der Waals surface area contributed by atoms with Crippen LogP contribution in [-0.2, 0) is 4.74 Å². The van der Waals surface area contributed by atoms with Crippen LogP contribution in [0.25, 0.3) is 0 Å². The standard InChI is InChI=1S/C11H20FNO2/c1-8(12)9-6-5-7-13(9)10(14)15-11(2,3)4/h8-9H,5-7H2,1-4H3/t8?,9-/m1/s1. The molecule has 0 aromatic carbocycles. The monoisotopic (exact) mass is 217 g/mol. The van der Waals surface area contributed by atoms with E-state index in [2.05, 4.69) is 0 Å². The topological polar surface area (TPSA) is 29.5 Å². The van der Waals surface area contributed by atoms with Crippen LogP contribution in [0.4, 0.5) is 9.18 Å². The first-order chi connectivity index (χ1) is 6.81. The second kappa shape index (κ2) is 4.37. The molecule has 88 valence electrons. The van der Waals surface area contributed by atoms with Crippen LogP contribution in [-0.4, -0.2) is 35.4 Å². The van der Waals surface area contributed by atoms with Gasteiger partial charge in [0.25, 0.3) is 0 Å². The van der Waals surface area contributed by atoms with Gasteiger partial charge in [-0.2, -0.15) is 0 Å². The number of hydrogen-bond acceptors (Lipinski definition) is 2. The van der Waals surface area contributed by atoms with Crippen molar-refractivity contribution in [3.05, 3.63) is 0 Å². The van der Waals surface area contributed by atoms with Crippen LogP contribution in [0.15, 0.2) is 0 Å². The molecule has 0 aromatic heterocycles. The van der Waals surface area contributed by atoms with Crippen LogP contribution in [0.3, 0.4) is 0 Å². The van der Waals surface area contributed by atoms with Crippen molar-refractivity contribution in [2.45, 2.75) is 58.4 Å². The van der Waals surface area contributed by atoms with Crippen molar-refractivity contribution in [2.75, 3.05) is 6.54 Å². The van der Waals surface area contributed by atoms with Gasteiger partial charge in [0.15, 0.2) is 0 Å². The van der Waals surface area contributed by atoms with Crippen LogP contribution < -0.4 is 0 Å². The number of likely N-dealkylation sites (tertiary alicyclic amines) is 1. The minimum Gasteiger partial charge on any atom is -0.444 e. The molecule has 1 amide bonds. The second-order valence-electron chi connectivity index (χ2n) is 5.06. The number of amides is 1. The Morgan fingerprint density at radius 3 is 2.60 bits per heavy atom. The zero-order chi connectivity index (χ0) is 11.6. The SMILES string of the molecule is CC(F)[C@H]1CCCN1C(=O)OC(C)(C)C. The summed E-state index contributed by atoms with van der Waals surface area (Å²) in [5, 5.41) is 0. The van der Waals surface area contributed by atoms with Crippen molar-refractivity contribution in [1.82, 2.24) is 4.90 Å². The fourth-order valence-corrected chi connectivity index (χ4v) is 1.82. The summed E-state index contributed by atoms with van der Waals surface area (Å²) in [5.74, 6) is 0. The van der Waals surface area contributed by atoms with E-state index in [0.717, 1.165) is 12.8 Å². The molecule has 1 rings (SSSR count). The van der Waals surface area contributed by atoms with Gasteiger partial charge in [-0.25, -0.2) is 9.18 Å². The van der Waals surface area contributed by atoms with Crippen LogP contribution in [0.5, 0.6) is 0 Å². The Labute approximate surface area is 90.6 Å². The van der Waals surface area contributed by atoms with Crippen molar-refractivity contribution in [1.29, 1.82) is 0 Å². The Balaban J connectivity index is 2.59. The smallest absolute Gasteiger partial charge is 0.410 e. The van der Waals surface area contributed by atoms with Gasteiger partial charge in [0.1, 0.15) is 11.8 Å². The number of alkyl halides is 1. The lowest BCUT2D eigenvalue weighted by Crippen LogP contribution is -2.43. The maximum Gasteiger partial charge on any atom is 0.410 e. The lowest BCUT2D eigenvalue weighted by atomic mass is 10.1. The van der Waals surface area contributed by atoms with E-state index in [-0.39, 0.29) is 6.04 Å². The third-order valence-electron chi connectivity index (χ3n) is 2.46. The zero-order valence-corrected chi connectivity index (χ0v) is 9.92. The number of carbonyl (C=O) groups is 1. The Morgan fingerprint density at radius 1 is 1.53 bits per heavy atom. The summed E-state index contributed by atoms with van der Waals surface area (Å²) in [6.45, 7) is 7.54. The normalized spacial score (nSPS) is 24.1. The molecule has 4 heteroatoms. The average molecular weight is 217 g/mol. The van der Waals surface area contributed by atoms with E-state index >= 15 is 0 Å². The molecule has 1 aliphatic heterocycles. The maximum absolute atomic E-state index is 13.2. The zero-order valence-electron chi connectivity index (χ0n) is 9.92. The van der Waals surface area contributed by atoms with Crippen LogP contribution >= 0.6 is 0 Å². The highest BCUT2D eigenvalue weighted by molar-refractivity contribution is 5.69. The average Bonchev–Trinajstić information content (AvgIpc) is 2.47. The van der Waals surface area contributed by atoms with Crippen molar-refractivity contribution >= 4 is 6.09 Å². The Bertz CT molecular complexity index is 235. The summed E-state index contributed by atoms with van der Waals surface area (Å²) in [6, 6.07) is -0.306. The van der Waals surface area contributed by atoms with Crippen molar-refractivity contribution < 1.29 is 13.9 Å². The van der Waals surface area contributed by atoms with Gasteiger partial charge in [0.2, 0.25) is 0 Å². The third kappa shape index (κ3) is 3.36. The Morgan fingerprint density at radius 2 is 2.13 bits per heavy atom. The van der Waals surface area contributed by atoms with E-state index in [0.29, 0.717) is 6.54 Å². The van der Waals surface area contributed by atoms with Crippen molar-refractivity contribution in [3.8, 4) is 0 Å². The fourth-order valence-electron chi connectivity index (χ4n) is 1.82. The number of hydrogen-bond donors (Lipinski definition) is 0. The highest BCUT2D eigenvalue weighted by atomic mass is 19.1. The number of nitrogens with zero attached hydrogens (tertiary/aromatic N) is 1. The summed E-state index contributed by atoms with van der Waals surface area (Å²) in [5.41, 5.74) is -0.510. The molecular weight excluding hydrogens is 197 g/mol. The first-order valence-electron chi connectivity index (χ1n) is 5.45. The van der Waals surface area contributed by atoms with E-state index < -0.39 is 17.9 Å². The predicted molar refractivity (Wildman–Crippen MR) is 56.5 cm³/mol. The second-order valence-corrected chi connectivity index (χ2v) is 5.06. The van der Waals surface area contributed by atoms with Gasteiger partial charge in [0.05, 0.1) is 6.04 Å². The summed E-state index contributed by atoms with van der Waals surface area (Å²) < 4.78 is 18.4. The summed E-state index contributed by atoms with van der Waals surface area (Å²) >= 11 is 0. The van der Waals surface area contributed by atoms with Gasteiger partial charge in [-0.1, -0.05) is 0 Å². The molecule has 1 saturated heterocycles. The quantitative estimate of drug-likeness (QED) is 0.676. The Kier molecular flexibility index (Phi) is 3.58. The molecular formula is C11H20FNO2. The highest BCUT2D eigenvalue weighted by Gasteiger charge is 2.35. The molecule has 0 spiro atoms. The van der Waals surface area contributed by atoms with Gasteiger partial charge >= 0.3 is 6.09 Å². The number of ether oxygens (including phenoxy) is 1. The lowest BCUT2D eigenvalue weighted by Gasteiger charge is -2.29. The molecule has 1 aliphatic rings. The first-order valence-corrected chi connectivity index (χ1v) is 5.45. The van der Waals surface area contributed by atoms with Crippen molar-refractivity contribution in [2.24, 2.45) is 0 Å². The van der Waals surface area contributed by atoms with E-state index in [1.54, 1.807) is 0 Å². The third-order valence-corrected chi connectivity index (χ3v) is 2.46. The van der Waals surface area contributed by atoms with E-state index in [9.17, 15) is 9.18 Å². The maximum atomic E-state index is 13.2. The van der Waals surface area contributed by atoms with Gasteiger partial charge in [-0.3, -0.25) is 0 Å². The molecule has 2 atom stereocenters. The van der Waals surface area contributed by atoms with Gasteiger partial charge in [0, 0.05) is 6.54 Å². The summed E-state index contributed by atoms with van der Waals surface area (Å²) in [4.78, 5) is 13.2. The number of halogens is 1. The molecule has 3 nitrogen and oxygen atoms in total. The molecule has 0 bridgehead atoms. The minimum atomic E-state index is -0.986. The van der Waals surface area contributed by atoms with Crippen LogP contribution in [0.1, 0.15) is 40.5 Å². The minimum absolute atomic E-state index is 0.306. The molecule has 0 saturated carbocycles. The highest BCUT2D eigenvalue weighted by Crippen LogP contribution is 2.24. The fraction of sp³-hybridized carbons (Fsp3) is 0.909. The summed E-state index contributed by atoms with van der Waals surface area (Å²) in [6.07, 6.45) is 0.212. The van der Waals surface area contributed by atoms with Crippen LogP contribution in [0, 0.1) is 0 Å². The number of rotatable bonds is 1. The van der Waals surface area contributed by atoms with E-state index in [4.69, 9.17) is 4.74 Å². The predicted octanol–water partition coefficient (Wildman–Crippen LogP) is 2.74. The van der Waals surface area contributed by atoms with E-state index in [1.165, 1.54) is 11.8 Å². The molecule has 0 radical (unpaired) electrons. The largest absolute Gasteiger partial charge is 0.444 e. The molecule has 1 fully saturated rings. The van der Waals surface area contributed by atoms with Gasteiger partial charge in [-0.15, -0.1) is 0 Å².